The minimum atomic E-state index is -0.551. The second-order valence-corrected chi connectivity index (χ2v) is 7.01. The minimum Gasteiger partial charge on any atom is -0.497 e. The Kier molecular flexibility index (Phi) is 5.06. The van der Waals surface area contributed by atoms with E-state index < -0.39 is 11.2 Å². The van der Waals surface area contributed by atoms with E-state index in [1.54, 1.807) is 67.8 Å². The second kappa shape index (κ2) is 7.83. The summed E-state index contributed by atoms with van der Waals surface area (Å²) in [5.41, 5.74) is 1.41. The molecule has 0 aliphatic heterocycles. The SMILES string of the molecule is COc1ccc(C(=O)Cn2c(=O)n(-c3ccc(C)cc3)c(=O)c3ccccc32)cc1. The van der Waals surface area contributed by atoms with Crippen LogP contribution in [0.5, 0.6) is 5.75 Å². The number of hydrogen-bond acceptors (Lipinski definition) is 4. The van der Waals surface area contributed by atoms with Crippen molar-refractivity contribution in [3.8, 4) is 11.4 Å². The first-order valence-electron chi connectivity index (χ1n) is 9.48. The van der Waals surface area contributed by atoms with E-state index >= 15 is 0 Å². The molecule has 0 aliphatic carbocycles. The molecule has 3 aromatic carbocycles. The fourth-order valence-corrected chi connectivity index (χ4v) is 3.41. The van der Waals surface area contributed by atoms with Crippen LogP contribution in [-0.2, 0) is 6.54 Å². The van der Waals surface area contributed by atoms with E-state index in [-0.39, 0.29) is 12.3 Å². The molecule has 0 unspecified atom stereocenters. The highest BCUT2D eigenvalue weighted by Crippen LogP contribution is 2.14. The Morgan fingerprint density at radius 1 is 0.900 bits per heavy atom. The molecule has 0 radical (unpaired) electrons. The number of ether oxygens (including phenoxy) is 1. The summed E-state index contributed by atoms with van der Waals surface area (Å²) in [6.45, 7) is 1.75. The largest absolute Gasteiger partial charge is 0.497 e. The number of benzene rings is 3. The van der Waals surface area contributed by atoms with Crippen molar-refractivity contribution in [1.82, 2.24) is 9.13 Å². The first kappa shape index (κ1) is 19.4. The van der Waals surface area contributed by atoms with Gasteiger partial charge in [0, 0.05) is 5.56 Å². The number of methoxy groups -OCH3 is 1. The summed E-state index contributed by atoms with van der Waals surface area (Å²) in [5.74, 6) is 0.404. The van der Waals surface area contributed by atoms with Crippen molar-refractivity contribution >= 4 is 16.7 Å². The van der Waals surface area contributed by atoms with Crippen molar-refractivity contribution in [1.29, 1.82) is 0 Å². The lowest BCUT2D eigenvalue weighted by Crippen LogP contribution is -2.40. The number of ketones is 1. The molecule has 150 valence electrons. The lowest BCUT2D eigenvalue weighted by atomic mass is 10.1. The lowest BCUT2D eigenvalue weighted by molar-refractivity contribution is 0.0971. The fraction of sp³-hybridized carbons (Fsp3) is 0.125. The van der Waals surface area contributed by atoms with Crippen LogP contribution in [0, 0.1) is 6.92 Å². The van der Waals surface area contributed by atoms with Gasteiger partial charge in [-0.1, -0.05) is 29.8 Å². The van der Waals surface area contributed by atoms with Gasteiger partial charge in [-0.05, 0) is 55.5 Å². The molecule has 4 rings (SSSR count). The molecular formula is C24H20N2O4. The Morgan fingerprint density at radius 3 is 2.23 bits per heavy atom. The van der Waals surface area contributed by atoms with Gasteiger partial charge < -0.3 is 4.74 Å². The zero-order valence-electron chi connectivity index (χ0n) is 16.7. The van der Waals surface area contributed by atoms with Crippen LogP contribution < -0.4 is 16.0 Å². The summed E-state index contributed by atoms with van der Waals surface area (Å²) in [6, 6.07) is 20.7. The average Bonchev–Trinajstić information content (AvgIpc) is 2.78. The van der Waals surface area contributed by atoms with Gasteiger partial charge in [0.15, 0.2) is 5.78 Å². The number of rotatable bonds is 5. The van der Waals surface area contributed by atoms with E-state index in [4.69, 9.17) is 4.74 Å². The molecule has 0 fully saturated rings. The molecule has 6 nitrogen and oxygen atoms in total. The van der Waals surface area contributed by atoms with Gasteiger partial charge in [0.05, 0.1) is 30.2 Å². The quantitative estimate of drug-likeness (QED) is 0.482. The normalized spacial score (nSPS) is 10.9. The van der Waals surface area contributed by atoms with Gasteiger partial charge in [-0.3, -0.25) is 14.2 Å². The summed E-state index contributed by atoms with van der Waals surface area (Å²) in [4.78, 5) is 39.3. The highest BCUT2D eigenvalue weighted by atomic mass is 16.5. The minimum absolute atomic E-state index is 0.183. The third-order valence-electron chi connectivity index (χ3n) is 5.06. The van der Waals surface area contributed by atoms with E-state index in [1.165, 1.54) is 4.57 Å². The molecule has 1 aromatic heterocycles. The van der Waals surface area contributed by atoms with E-state index in [9.17, 15) is 14.4 Å². The van der Waals surface area contributed by atoms with Crippen LogP contribution >= 0.6 is 0 Å². The molecular weight excluding hydrogens is 380 g/mol. The third-order valence-corrected chi connectivity index (χ3v) is 5.06. The topological polar surface area (TPSA) is 70.3 Å². The average molecular weight is 400 g/mol. The van der Waals surface area contributed by atoms with Gasteiger partial charge in [-0.15, -0.1) is 0 Å². The van der Waals surface area contributed by atoms with Crippen molar-refractivity contribution < 1.29 is 9.53 Å². The summed E-state index contributed by atoms with van der Waals surface area (Å²) < 4.78 is 7.59. The highest BCUT2D eigenvalue weighted by molar-refractivity contribution is 5.96. The molecule has 0 saturated carbocycles. The molecule has 0 saturated heterocycles. The van der Waals surface area contributed by atoms with Crippen LogP contribution in [0.25, 0.3) is 16.6 Å². The number of para-hydroxylation sites is 1. The number of aryl methyl sites for hydroxylation is 1. The standard InChI is InChI=1S/C24H20N2O4/c1-16-7-11-18(12-8-16)26-23(28)20-5-3-4-6-21(20)25(24(26)29)15-22(27)17-9-13-19(30-2)14-10-17/h3-14H,15H2,1-2H3. The zero-order chi connectivity index (χ0) is 21.3. The Bertz CT molecular complexity index is 1350. The Labute approximate surface area is 172 Å². The number of Topliss-reactive ketones (excluding diaryl/α,β-unsaturated/α-hetero) is 1. The van der Waals surface area contributed by atoms with Crippen molar-refractivity contribution in [2.45, 2.75) is 13.5 Å². The molecule has 0 atom stereocenters. The summed E-state index contributed by atoms with van der Waals surface area (Å²) in [5, 5.41) is 0.375. The number of hydrogen-bond donors (Lipinski definition) is 0. The molecule has 0 aliphatic rings. The number of nitrogens with zero attached hydrogens (tertiary/aromatic N) is 2. The van der Waals surface area contributed by atoms with Crippen molar-refractivity contribution in [2.24, 2.45) is 0 Å². The molecule has 0 amide bonds. The maximum atomic E-state index is 13.3. The van der Waals surface area contributed by atoms with Crippen LogP contribution in [0.15, 0.2) is 82.4 Å². The number of carbonyl (C=O) groups excluding carboxylic acids is 1. The molecule has 1 heterocycles. The van der Waals surface area contributed by atoms with Gasteiger partial charge >= 0.3 is 5.69 Å². The Hall–Kier alpha value is -3.93. The molecule has 30 heavy (non-hydrogen) atoms. The van der Waals surface area contributed by atoms with Gasteiger partial charge in [-0.25, -0.2) is 9.36 Å². The van der Waals surface area contributed by atoms with Gasteiger partial charge in [0.1, 0.15) is 5.75 Å². The van der Waals surface area contributed by atoms with Gasteiger partial charge in [-0.2, -0.15) is 0 Å². The van der Waals surface area contributed by atoms with Crippen LogP contribution in [0.4, 0.5) is 0 Å². The second-order valence-electron chi connectivity index (χ2n) is 7.01. The maximum Gasteiger partial charge on any atom is 0.336 e. The van der Waals surface area contributed by atoms with E-state index in [2.05, 4.69) is 0 Å². The summed E-state index contributed by atoms with van der Waals surface area (Å²) in [6.07, 6.45) is 0. The zero-order valence-corrected chi connectivity index (χ0v) is 16.7. The fourth-order valence-electron chi connectivity index (χ4n) is 3.41. The van der Waals surface area contributed by atoms with E-state index in [0.29, 0.717) is 27.9 Å². The monoisotopic (exact) mass is 400 g/mol. The van der Waals surface area contributed by atoms with Crippen LogP contribution in [-0.4, -0.2) is 22.0 Å². The van der Waals surface area contributed by atoms with Crippen LogP contribution in [0.3, 0.4) is 0 Å². The molecule has 0 bridgehead atoms. The van der Waals surface area contributed by atoms with Crippen LogP contribution in [0.2, 0.25) is 0 Å². The highest BCUT2D eigenvalue weighted by Gasteiger charge is 2.17. The van der Waals surface area contributed by atoms with Crippen LogP contribution in [0.1, 0.15) is 15.9 Å². The number of aromatic nitrogens is 2. The Morgan fingerprint density at radius 2 is 1.57 bits per heavy atom. The lowest BCUT2D eigenvalue weighted by Gasteiger charge is -2.14. The summed E-state index contributed by atoms with van der Waals surface area (Å²) >= 11 is 0. The van der Waals surface area contributed by atoms with E-state index in [0.717, 1.165) is 10.1 Å². The van der Waals surface area contributed by atoms with Gasteiger partial charge in [0.2, 0.25) is 0 Å². The number of carbonyl (C=O) groups is 1. The van der Waals surface area contributed by atoms with Crippen molar-refractivity contribution in [3.63, 3.8) is 0 Å². The van der Waals surface area contributed by atoms with E-state index in [1.807, 2.05) is 19.1 Å². The predicted molar refractivity (Wildman–Crippen MR) is 116 cm³/mol. The third kappa shape index (κ3) is 3.43. The van der Waals surface area contributed by atoms with Gasteiger partial charge in [0.25, 0.3) is 5.56 Å². The molecule has 0 spiro atoms. The summed E-state index contributed by atoms with van der Waals surface area (Å²) in [7, 11) is 1.55. The van der Waals surface area contributed by atoms with Crippen molar-refractivity contribution in [3.05, 3.63) is 105 Å². The number of fused-ring (bicyclic) bond motifs is 1. The first-order chi connectivity index (χ1) is 14.5. The molecule has 4 aromatic rings. The van der Waals surface area contributed by atoms with Crippen molar-refractivity contribution in [2.75, 3.05) is 7.11 Å². The predicted octanol–water partition coefficient (Wildman–Crippen LogP) is 3.35. The molecule has 6 heteroatoms. The first-order valence-corrected chi connectivity index (χ1v) is 9.48. The smallest absolute Gasteiger partial charge is 0.336 e. The Balaban J connectivity index is 1.88. The molecule has 0 N–H and O–H groups in total. The maximum absolute atomic E-state index is 13.3.